The molecule has 0 radical (unpaired) electrons. The van der Waals surface area contributed by atoms with Gasteiger partial charge in [0.05, 0.1) is 42.6 Å². The van der Waals surface area contributed by atoms with Crippen LogP contribution in [0.15, 0.2) is 42.7 Å². The average Bonchev–Trinajstić information content (AvgIpc) is 3.63. The molecule has 0 unspecified atom stereocenters. The van der Waals surface area contributed by atoms with E-state index >= 15 is 0 Å². The minimum Gasteiger partial charge on any atom is -0.391 e. The molecule has 0 saturated heterocycles. The summed E-state index contributed by atoms with van der Waals surface area (Å²) in [7, 11) is -0.00612. The molecule has 1 aromatic carbocycles. The van der Waals surface area contributed by atoms with Crippen LogP contribution in [0.2, 0.25) is 0 Å². The molecular formula is C26H31ClF3N7O3S2. The molecule has 3 atom stereocenters. The standard InChI is InChI=1S/C26H30F3N7O3S2.ClH/c1-30-25-33-23(20-10-19(11-26(27,28)29)40-24(20)34-25)35(2)21-8-18(9-22(21)37)31-12-15-4-6-16(7-5-15)17-13-32-36(14-17)41(3,38)39;/h4-7,10,13-14,18,21-22,31,37H,8-9,11-12H2,1-3H3,(H,30,33,34);1H/t18-,21+,22-;/m1./s1. The Balaban J connectivity index is 0.00000405. The van der Waals surface area contributed by atoms with Gasteiger partial charge in [-0.05, 0) is 30.0 Å². The van der Waals surface area contributed by atoms with Crippen molar-refractivity contribution in [2.45, 2.75) is 50.2 Å². The second kappa shape index (κ2) is 12.3. The first-order chi connectivity index (χ1) is 19.3. The van der Waals surface area contributed by atoms with E-state index in [4.69, 9.17) is 0 Å². The van der Waals surface area contributed by atoms with Gasteiger partial charge in [-0.1, -0.05) is 24.3 Å². The predicted molar refractivity (Wildman–Crippen MR) is 160 cm³/mol. The van der Waals surface area contributed by atoms with Crippen molar-refractivity contribution in [3.8, 4) is 11.1 Å². The number of anilines is 2. The van der Waals surface area contributed by atoms with Crippen molar-refractivity contribution in [3.05, 3.63) is 53.2 Å². The Hall–Kier alpha value is -2.98. The number of nitrogens with zero attached hydrogens (tertiary/aromatic N) is 5. The van der Waals surface area contributed by atoms with E-state index < -0.39 is 28.7 Å². The summed E-state index contributed by atoms with van der Waals surface area (Å²) in [6.07, 6.45) is -0.841. The highest BCUT2D eigenvalue weighted by atomic mass is 35.5. The van der Waals surface area contributed by atoms with Crippen LogP contribution in [0, 0.1) is 0 Å². The lowest BCUT2D eigenvalue weighted by molar-refractivity contribution is -0.126. The van der Waals surface area contributed by atoms with Gasteiger partial charge in [0.25, 0.3) is 10.0 Å². The fraction of sp³-hybridized carbons (Fsp3) is 0.423. The van der Waals surface area contributed by atoms with Gasteiger partial charge < -0.3 is 20.6 Å². The maximum atomic E-state index is 13.0. The van der Waals surface area contributed by atoms with Gasteiger partial charge in [0.15, 0.2) is 0 Å². The molecule has 0 aliphatic heterocycles. The van der Waals surface area contributed by atoms with Gasteiger partial charge in [-0.2, -0.15) is 27.3 Å². The van der Waals surface area contributed by atoms with Gasteiger partial charge >= 0.3 is 6.18 Å². The zero-order chi connectivity index (χ0) is 29.5. The highest BCUT2D eigenvalue weighted by molar-refractivity contribution is 7.89. The number of nitrogens with one attached hydrogen (secondary N) is 2. The first-order valence-corrected chi connectivity index (χ1v) is 15.5. The van der Waals surface area contributed by atoms with Crippen LogP contribution in [0.3, 0.4) is 0 Å². The number of hydrogen-bond donors (Lipinski definition) is 3. The summed E-state index contributed by atoms with van der Waals surface area (Å²) in [5.74, 6) is 0.776. The zero-order valence-corrected chi connectivity index (χ0v) is 25.4. The summed E-state index contributed by atoms with van der Waals surface area (Å²) < 4.78 is 63.4. The van der Waals surface area contributed by atoms with E-state index in [1.807, 2.05) is 29.2 Å². The Morgan fingerprint density at radius 1 is 1.17 bits per heavy atom. The van der Waals surface area contributed by atoms with Crippen LogP contribution < -0.4 is 15.5 Å². The van der Waals surface area contributed by atoms with Crippen LogP contribution in [0.5, 0.6) is 0 Å². The third-order valence-corrected chi connectivity index (χ3v) is 9.04. The molecule has 3 N–H and O–H groups in total. The lowest BCUT2D eigenvalue weighted by atomic mass is 10.1. The number of aliphatic hydroxyl groups excluding tert-OH is 1. The van der Waals surface area contributed by atoms with Gasteiger partial charge in [-0.3, -0.25) is 0 Å². The lowest BCUT2D eigenvalue weighted by Crippen LogP contribution is -2.38. The number of rotatable bonds is 9. The van der Waals surface area contributed by atoms with Gasteiger partial charge in [0.1, 0.15) is 10.6 Å². The summed E-state index contributed by atoms with van der Waals surface area (Å²) in [6, 6.07) is 8.89. The quantitative estimate of drug-likeness (QED) is 0.247. The number of thiophene rings is 1. The lowest BCUT2D eigenvalue weighted by Gasteiger charge is -2.29. The zero-order valence-electron chi connectivity index (χ0n) is 23.0. The molecule has 1 aliphatic rings. The molecule has 10 nitrogen and oxygen atoms in total. The van der Waals surface area contributed by atoms with Crippen molar-refractivity contribution < 1.29 is 26.7 Å². The molecule has 4 aromatic rings. The van der Waals surface area contributed by atoms with Gasteiger partial charge in [-0.15, -0.1) is 23.7 Å². The van der Waals surface area contributed by atoms with Crippen molar-refractivity contribution in [1.82, 2.24) is 24.5 Å². The predicted octanol–water partition coefficient (Wildman–Crippen LogP) is 4.05. The van der Waals surface area contributed by atoms with Crippen molar-refractivity contribution in [1.29, 1.82) is 0 Å². The molecule has 1 fully saturated rings. The molecule has 3 heterocycles. The summed E-state index contributed by atoms with van der Waals surface area (Å²) >= 11 is 0.993. The highest BCUT2D eigenvalue weighted by Crippen LogP contribution is 2.37. The Morgan fingerprint density at radius 3 is 2.50 bits per heavy atom. The van der Waals surface area contributed by atoms with E-state index in [0.717, 1.165) is 32.8 Å². The molecule has 0 amide bonds. The molecule has 228 valence electrons. The molecule has 0 bridgehead atoms. The van der Waals surface area contributed by atoms with Crippen LogP contribution in [0.1, 0.15) is 23.3 Å². The van der Waals surface area contributed by atoms with Crippen LogP contribution >= 0.6 is 23.7 Å². The number of halogens is 4. The van der Waals surface area contributed by atoms with Crippen LogP contribution in [-0.4, -0.2) is 77.4 Å². The average molecular weight is 646 g/mol. The SMILES string of the molecule is CNc1nc(N(C)[C@H]2C[C@@H](NCc3ccc(-c4cnn(S(C)(=O)=O)c4)cc3)C[C@H]2O)c2cc(CC(F)(F)F)sc2n1.Cl. The normalized spacial score (nSPS) is 19.2. The van der Waals surface area contributed by atoms with Gasteiger partial charge in [0.2, 0.25) is 5.95 Å². The first kappa shape index (κ1) is 31.9. The third-order valence-electron chi connectivity index (χ3n) is 7.13. The second-order valence-electron chi connectivity index (χ2n) is 10.2. The third kappa shape index (κ3) is 7.14. The molecular weight excluding hydrogens is 615 g/mol. The monoisotopic (exact) mass is 645 g/mol. The smallest absolute Gasteiger partial charge is 0.391 e. The number of likely N-dealkylation sites (N-methyl/N-ethyl adjacent to an activating group) is 1. The topological polar surface area (TPSA) is 125 Å². The maximum Gasteiger partial charge on any atom is 0.393 e. The Kier molecular flexibility index (Phi) is 9.37. The summed E-state index contributed by atoms with van der Waals surface area (Å²) in [5, 5.41) is 21.7. The van der Waals surface area contributed by atoms with E-state index in [-0.39, 0.29) is 29.4 Å². The first-order valence-electron chi connectivity index (χ1n) is 12.8. The van der Waals surface area contributed by atoms with Crippen LogP contribution in [0.4, 0.5) is 24.9 Å². The Bertz CT molecular complexity index is 1650. The Labute approximate surface area is 251 Å². The van der Waals surface area contributed by atoms with Crippen molar-refractivity contribution in [2.75, 3.05) is 30.6 Å². The number of aromatic nitrogens is 4. The summed E-state index contributed by atoms with van der Waals surface area (Å²) in [4.78, 5) is 11.3. The highest BCUT2D eigenvalue weighted by Gasteiger charge is 2.37. The second-order valence-corrected chi connectivity index (χ2v) is 13.2. The number of fused-ring (bicyclic) bond motifs is 1. The maximum absolute atomic E-state index is 13.0. The fourth-order valence-electron chi connectivity index (χ4n) is 5.07. The van der Waals surface area contributed by atoms with Gasteiger partial charge in [-0.25, -0.2) is 13.4 Å². The molecule has 42 heavy (non-hydrogen) atoms. The van der Waals surface area contributed by atoms with Crippen molar-refractivity contribution >= 4 is 55.7 Å². The van der Waals surface area contributed by atoms with E-state index in [1.165, 1.54) is 18.5 Å². The van der Waals surface area contributed by atoms with E-state index in [2.05, 4.69) is 25.7 Å². The summed E-state index contributed by atoms with van der Waals surface area (Å²) in [5.41, 5.74) is 2.55. The minimum absolute atomic E-state index is 0. The number of alkyl halides is 3. The van der Waals surface area contributed by atoms with Crippen LogP contribution in [-0.2, 0) is 23.0 Å². The number of hydrogen-bond acceptors (Lipinski definition) is 10. The fourth-order valence-corrected chi connectivity index (χ4v) is 6.64. The molecule has 16 heteroatoms. The molecule has 5 rings (SSSR count). The van der Waals surface area contributed by atoms with Crippen molar-refractivity contribution in [2.24, 2.45) is 0 Å². The van der Waals surface area contributed by atoms with Gasteiger partial charge in [0, 0.05) is 37.1 Å². The van der Waals surface area contributed by atoms with Crippen LogP contribution in [0.25, 0.3) is 21.3 Å². The number of benzene rings is 1. The molecule has 0 spiro atoms. The van der Waals surface area contributed by atoms with E-state index in [0.29, 0.717) is 46.9 Å². The summed E-state index contributed by atoms with van der Waals surface area (Å²) in [6.45, 7) is 0.559. The van der Waals surface area contributed by atoms with E-state index in [1.54, 1.807) is 14.1 Å². The number of aliphatic hydroxyl groups is 1. The van der Waals surface area contributed by atoms with Crippen molar-refractivity contribution in [3.63, 3.8) is 0 Å². The molecule has 1 aliphatic carbocycles. The molecule has 1 saturated carbocycles. The largest absolute Gasteiger partial charge is 0.393 e. The Morgan fingerprint density at radius 2 is 1.88 bits per heavy atom. The molecule has 3 aromatic heterocycles. The minimum atomic E-state index is -4.32. The van der Waals surface area contributed by atoms with E-state index in [9.17, 15) is 26.7 Å².